The summed E-state index contributed by atoms with van der Waals surface area (Å²) in [5, 5.41) is 6.38. The quantitative estimate of drug-likeness (QED) is 0.928. The summed E-state index contributed by atoms with van der Waals surface area (Å²) in [6, 6.07) is 5.73. The summed E-state index contributed by atoms with van der Waals surface area (Å²) in [5.74, 6) is 0.422. The van der Waals surface area contributed by atoms with Gasteiger partial charge in [-0.2, -0.15) is 4.98 Å². The Labute approximate surface area is 106 Å². The fourth-order valence-electron chi connectivity index (χ4n) is 1.41. The molecule has 19 heavy (non-hydrogen) atoms. The molecule has 1 aromatic heterocycles. The van der Waals surface area contributed by atoms with Gasteiger partial charge in [0.2, 0.25) is 5.89 Å². The van der Waals surface area contributed by atoms with Gasteiger partial charge in [-0.3, -0.25) is 0 Å². The van der Waals surface area contributed by atoms with Crippen molar-refractivity contribution in [3.8, 4) is 5.75 Å². The minimum Gasteiger partial charge on any atom is -0.404 e. The van der Waals surface area contributed by atoms with Crippen LogP contribution in [-0.2, 0) is 6.54 Å². The lowest BCUT2D eigenvalue weighted by atomic mass is 10.3. The lowest BCUT2D eigenvalue weighted by molar-refractivity contribution is -0.274. The Bertz CT molecular complexity index is 554. The molecule has 1 aromatic carbocycles. The largest absolute Gasteiger partial charge is 0.573 e. The van der Waals surface area contributed by atoms with Crippen molar-refractivity contribution in [1.29, 1.82) is 0 Å². The predicted octanol–water partition coefficient (Wildman–Crippen LogP) is 2.89. The zero-order valence-electron chi connectivity index (χ0n) is 9.86. The molecule has 0 fully saturated rings. The first-order chi connectivity index (χ1) is 8.94. The molecular weight excluding hydrogens is 263 g/mol. The van der Waals surface area contributed by atoms with Crippen LogP contribution in [0.4, 0.5) is 18.9 Å². The van der Waals surface area contributed by atoms with Gasteiger partial charge in [0.05, 0.1) is 12.2 Å². The Morgan fingerprint density at radius 1 is 1.32 bits per heavy atom. The molecule has 0 saturated carbocycles. The topological polar surface area (TPSA) is 60.2 Å². The van der Waals surface area contributed by atoms with Crippen LogP contribution >= 0.6 is 0 Å². The summed E-state index contributed by atoms with van der Waals surface area (Å²) >= 11 is 0. The van der Waals surface area contributed by atoms with Gasteiger partial charge < -0.3 is 14.6 Å². The van der Waals surface area contributed by atoms with Crippen LogP contribution in [0.3, 0.4) is 0 Å². The second-order valence-corrected chi connectivity index (χ2v) is 3.63. The summed E-state index contributed by atoms with van der Waals surface area (Å²) in [6.07, 6.45) is -4.74. The molecule has 1 N–H and O–H groups in total. The summed E-state index contributed by atoms with van der Waals surface area (Å²) in [4.78, 5) is 3.93. The van der Waals surface area contributed by atoms with E-state index in [9.17, 15) is 13.2 Å². The number of para-hydroxylation sites is 2. The molecule has 102 valence electrons. The fourth-order valence-corrected chi connectivity index (χ4v) is 1.41. The van der Waals surface area contributed by atoms with Crippen LogP contribution in [-0.4, -0.2) is 16.5 Å². The number of nitrogens with zero attached hydrogens (tertiary/aromatic N) is 2. The SMILES string of the molecule is Cc1nc(CNc2ccccc2OC(F)(F)F)no1. The van der Waals surface area contributed by atoms with Crippen LogP contribution < -0.4 is 10.1 Å². The Hall–Kier alpha value is -2.25. The van der Waals surface area contributed by atoms with E-state index in [0.29, 0.717) is 11.7 Å². The van der Waals surface area contributed by atoms with Crippen molar-refractivity contribution < 1.29 is 22.4 Å². The number of nitrogens with one attached hydrogen (secondary N) is 1. The number of benzene rings is 1. The number of anilines is 1. The molecule has 0 atom stereocenters. The van der Waals surface area contributed by atoms with Crippen LogP contribution in [0, 0.1) is 6.92 Å². The Balaban J connectivity index is 2.07. The average molecular weight is 273 g/mol. The monoisotopic (exact) mass is 273 g/mol. The van der Waals surface area contributed by atoms with Gasteiger partial charge in [0.25, 0.3) is 0 Å². The van der Waals surface area contributed by atoms with Crippen LogP contribution in [0.2, 0.25) is 0 Å². The van der Waals surface area contributed by atoms with Gasteiger partial charge in [-0.25, -0.2) is 0 Å². The van der Waals surface area contributed by atoms with Gasteiger partial charge in [0.15, 0.2) is 11.6 Å². The first kappa shape index (κ1) is 13.2. The summed E-state index contributed by atoms with van der Waals surface area (Å²) in [6.45, 7) is 1.76. The molecule has 2 rings (SSSR count). The number of aromatic nitrogens is 2. The Morgan fingerprint density at radius 2 is 2.05 bits per heavy atom. The second-order valence-electron chi connectivity index (χ2n) is 3.63. The Kier molecular flexibility index (Phi) is 3.59. The van der Waals surface area contributed by atoms with Crippen LogP contribution in [0.15, 0.2) is 28.8 Å². The molecule has 0 aliphatic heterocycles. The van der Waals surface area contributed by atoms with Gasteiger partial charge in [0.1, 0.15) is 0 Å². The summed E-state index contributed by atoms with van der Waals surface area (Å²) in [7, 11) is 0. The smallest absolute Gasteiger partial charge is 0.404 e. The lowest BCUT2D eigenvalue weighted by Gasteiger charge is -2.13. The predicted molar refractivity (Wildman–Crippen MR) is 59.5 cm³/mol. The van der Waals surface area contributed by atoms with Crippen molar-refractivity contribution in [2.45, 2.75) is 19.8 Å². The molecule has 0 unspecified atom stereocenters. The van der Waals surface area contributed by atoms with E-state index in [0.717, 1.165) is 0 Å². The van der Waals surface area contributed by atoms with Crippen LogP contribution in [0.1, 0.15) is 11.7 Å². The van der Waals surface area contributed by atoms with E-state index in [-0.39, 0.29) is 18.0 Å². The molecule has 8 heteroatoms. The standard InChI is InChI=1S/C11H10F3N3O2/c1-7-16-10(17-19-7)6-15-8-4-2-3-5-9(8)18-11(12,13)14/h2-5,15H,6H2,1H3. The molecule has 0 amide bonds. The molecule has 1 heterocycles. The highest BCUT2D eigenvalue weighted by Crippen LogP contribution is 2.29. The minimum absolute atomic E-state index is 0.134. The maximum absolute atomic E-state index is 12.2. The van der Waals surface area contributed by atoms with Gasteiger partial charge >= 0.3 is 6.36 Å². The molecule has 2 aromatic rings. The molecule has 0 saturated heterocycles. The first-order valence-electron chi connectivity index (χ1n) is 5.32. The number of hydrogen-bond acceptors (Lipinski definition) is 5. The van der Waals surface area contributed by atoms with E-state index in [1.165, 1.54) is 18.2 Å². The van der Waals surface area contributed by atoms with Crippen molar-refractivity contribution in [2.24, 2.45) is 0 Å². The molecule has 0 aliphatic rings. The third kappa shape index (κ3) is 3.87. The normalized spacial score (nSPS) is 11.4. The third-order valence-electron chi connectivity index (χ3n) is 2.12. The van der Waals surface area contributed by atoms with Crippen molar-refractivity contribution in [3.63, 3.8) is 0 Å². The number of aryl methyl sites for hydroxylation is 1. The van der Waals surface area contributed by atoms with Crippen molar-refractivity contribution in [1.82, 2.24) is 10.1 Å². The maximum Gasteiger partial charge on any atom is 0.573 e. The molecule has 5 nitrogen and oxygen atoms in total. The van der Waals surface area contributed by atoms with Gasteiger partial charge in [0, 0.05) is 6.92 Å². The summed E-state index contributed by atoms with van der Waals surface area (Å²) in [5.41, 5.74) is 0.197. The van der Waals surface area contributed by atoms with Gasteiger partial charge in [-0.15, -0.1) is 13.2 Å². The highest BCUT2D eigenvalue weighted by Gasteiger charge is 2.32. The van der Waals surface area contributed by atoms with E-state index >= 15 is 0 Å². The third-order valence-corrected chi connectivity index (χ3v) is 2.12. The highest BCUT2D eigenvalue weighted by molar-refractivity contribution is 5.56. The summed E-state index contributed by atoms with van der Waals surface area (Å²) < 4.78 is 45.2. The van der Waals surface area contributed by atoms with E-state index in [2.05, 4.69) is 20.2 Å². The molecule has 0 aliphatic carbocycles. The van der Waals surface area contributed by atoms with E-state index < -0.39 is 6.36 Å². The number of alkyl halides is 3. The Morgan fingerprint density at radius 3 is 2.68 bits per heavy atom. The first-order valence-corrected chi connectivity index (χ1v) is 5.32. The van der Waals surface area contributed by atoms with Crippen LogP contribution in [0.25, 0.3) is 0 Å². The van der Waals surface area contributed by atoms with E-state index in [4.69, 9.17) is 4.52 Å². The minimum atomic E-state index is -4.74. The number of halogens is 3. The zero-order chi connectivity index (χ0) is 13.9. The van der Waals surface area contributed by atoms with Gasteiger partial charge in [-0.05, 0) is 12.1 Å². The lowest BCUT2D eigenvalue weighted by Crippen LogP contribution is -2.18. The number of rotatable bonds is 4. The molecule has 0 radical (unpaired) electrons. The van der Waals surface area contributed by atoms with Crippen molar-refractivity contribution >= 4 is 5.69 Å². The van der Waals surface area contributed by atoms with Crippen molar-refractivity contribution in [3.05, 3.63) is 36.0 Å². The van der Waals surface area contributed by atoms with Gasteiger partial charge in [-0.1, -0.05) is 17.3 Å². The molecule has 0 bridgehead atoms. The number of ether oxygens (including phenoxy) is 1. The molecule has 0 spiro atoms. The van der Waals surface area contributed by atoms with E-state index in [1.807, 2.05) is 0 Å². The molecular formula is C11H10F3N3O2. The maximum atomic E-state index is 12.2. The van der Waals surface area contributed by atoms with Crippen molar-refractivity contribution in [2.75, 3.05) is 5.32 Å². The second kappa shape index (κ2) is 5.17. The highest BCUT2D eigenvalue weighted by atomic mass is 19.4. The van der Waals surface area contributed by atoms with E-state index in [1.54, 1.807) is 13.0 Å². The fraction of sp³-hybridized carbons (Fsp3) is 0.273. The zero-order valence-corrected chi connectivity index (χ0v) is 9.86. The number of hydrogen-bond donors (Lipinski definition) is 1. The van der Waals surface area contributed by atoms with Crippen LogP contribution in [0.5, 0.6) is 5.75 Å². The average Bonchev–Trinajstić information content (AvgIpc) is 2.72.